The van der Waals surface area contributed by atoms with Gasteiger partial charge in [-0.05, 0) is 26.2 Å². The molecule has 0 aromatic rings. The predicted octanol–water partition coefficient (Wildman–Crippen LogP) is -7.94. The van der Waals surface area contributed by atoms with E-state index in [4.69, 9.17) is 66.3 Å². The highest BCUT2D eigenvalue weighted by atomic mass is 16.8. The van der Waals surface area contributed by atoms with E-state index in [1.807, 2.05) is 0 Å². The van der Waals surface area contributed by atoms with Gasteiger partial charge in [0.25, 0.3) is 17.4 Å². The summed E-state index contributed by atoms with van der Waals surface area (Å²) < 4.78 is 84.2. The number of aliphatic carboxylic acids is 3. The SMILES string of the molecule is CCCCCCCCCCCCCC=C[C@@H](O)[C@H](CO[C@@H]1O[C@H](CO)[C@@H](O[C@@H]2O[C@H](CO)[C@H](O[C@@H]3O[C@H](CO)[C@H](O)[C@H](O[C@@H]4O[C@H](CO)[C@H](O)[C@H](O)[C@H]4O)[C@H]3CC(C)=O)[C@H](O[C@]3(C(=O)O)C[C@H](O)[C@@H](NC(C)=O)C([C@H](O)[C@@H](CO)O[C@]4(C(=O)O)C[C@H](O)[C@@H](NC(C)=O)C([C@H](O)[C@@H](CO)O[C@]5(C(=O)O)C[C@H](O)[C@@H](NC(C)=O)C([C@H](O)[C@H](O)CO)O5)O4)O3)[C@H]2O)[C@H](O)[C@H]1O)NC(=O)CCCCCCCCCCC. The third-order valence-corrected chi connectivity index (χ3v) is 26.4. The first-order valence-electron chi connectivity index (χ1n) is 48.6. The molecule has 141 heavy (non-hydrogen) atoms. The van der Waals surface area contributed by atoms with Crippen molar-refractivity contribution in [1.82, 2.24) is 21.3 Å². The van der Waals surface area contributed by atoms with Crippen LogP contribution in [0.25, 0.3) is 0 Å². The number of aliphatic hydroxyl groups excluding tert-OH is 22. The van der Waals surface area contributed by atoms with Gasteiger partial charge in [-0.25, -0.2) is 14.4 Å². The lowest BCUT2D eigenvalue weighted by Crippen LogP contribution is -2.72. The molecular formula is C90H154N4O47. The number of carboxylic acid groups (broad SMARTS) is 3. The molecule has 7 rings (SSSR count). The Morgan fingerprint density at radius 1 is 0.404 bits per heavy atom. The summed E-state index contributed by atoms with van der Waals surface area (Å²) in [7, 11) is 0. The molecule has 7 saturated heterocycles. The number of rotatable bonds is 61. The van der Waals surface area contributed by atoms with Crippen LogP contribution in [0.15, 0.2) is 12.2 Å². The molecule has 4 amide bonds. The lowest BCUT2D eigenvalue weighted by Gasteiger charge is -2.53. The van der Waals surface area contributed by atoms with Crippen molar-refractivity contribution in [1.29, 1.82) is 0 Å². The monoisotopic (exact) mass is 2040 g/mol. The largest absolute Gasteiger partial charge is 0.477 e. The van der Waals surface area contributed by atoms with Crippen molar-refractivity contribution in [2.45, 2.75) is 446 Å². The summed E-state index contributed by atoms with van der Waals surface area (Å²) >= 11 is 0. The summed E-state index contributed by atoms with van der Waals surface area (Å²) in [5, 5.41) is 295. The van der Waals surface area contributed by atoms with Crippen molar-refractivity contribution in [2.24, 2.45) is 5.92 Å². The van der Waals surface area contributed by atoms with Crippen molar-refractivity contribution < 1.29 is 232 Å². The van der Waals surface area contributed by atoms with Crippen molar-refractivity contribution in [3.8, 4) is 0 Å². The molecule has 0 aliphatic carbocycles. The molecule has 816 valence electrons. The fraction of sp³-hybridized carbons (Fsp3) is 0.889. The van der Waals surface area contributed by atoms with Gasteiger partial charge in [0.05, 0.1) is 108 Å². The normalized spacial score (nSPS) is 36.5. The number of carbonyl (C=O) groups is 8. The van der Waals surface area contributed by atoms with Gasteiger partial charge in [-0.3, -0.25) is 19.2 Å². The molecule has 3 unspecified atom stereocenters. The molecule has 51 nitrogen and oxygen atoms in total. The molecule has 7 fully saturated rings. The molecule has 0 spiro atoms. The van der Waals surface area contributed by atoms with Gasteiger partial charge < -0.3 is 220 Å². The standard InChI is InChI=1S/C90H154N4O47/c1-7-9-11-13-15-17-18-19-20-22-23-25-27-29-49(106)48(94-60(111)30-28-26-24-21-16-14-12-10-8-2)42-128-82-72(120)70(118)75(58(40-100)131-82)134-84-73(121)80(76(59(41-101)132-84)135-81-47(31-43(3)102)74(66(114)55(37-97)129-81)133-83-71(119)69(117)65(113)54(36-96)130-83)141-90(87(126)127)34-52(109)63(93-46(6)105)79(140-90)68(116)57(39-99)137-89(86(124)125)33-51(108)62(92-45(5)104)78(139-89)67(115)56(38-98)136-88(85(122)123)32-50(107)61(91-44(4)103)77(138-88)64(112)53(110)35-95/h27,29,47-59,61-84,95-101,106-110,112-121H,7-26,28,30-42H2,1-6H3,(H,91,103)(H,92,104)(H,93,105)(H,94,111)(H,122,123)(H,124,125)(H,126,127)/t47-,48+,49-,50+,51+,52+,53-,54-,55-,56-,57-,58-,59-,61-,62-,63-,64-,65+,66+,67-,68-,69+,70-,71-,72-,73-,74-,75-,76+,77?,78?,79?,80-,81+,82-,83+,84+,88-,89-,90+/m1/s1. The van der Waals surface area contributed by atoms with Crippen LogP contribution in [0.3, 0.4) is 0 Å². The number of aliphatic hydroxyl groups is 22. The molecule has 51 heteroatoms. The van der Waals surface area contributed by atoms with Gasteiger partial charge in [-0.1, -0.05) is 142 Å². The molecule has 0 saturated carbocycles. The Morgan fingerprint density at radius 2 is 0.787 bits per heavy atom. The summed E-state index contributed by atoms with van der Waals surface area (Å²) in [5.41, 5.74) is 0. The summed E-state index contributed by atoms with van der Waals surface area (Å²) in [6.45, 7) is -2.25. The summed E-state index contributed by atoms with van der Waals surface area (Å²) in [6, 6.07) is -7.45. The Hall–Kier alpha value is -5.74. The van der Waals surface area contributed by atoms with E-state index < -0.39 is 369 Å². The molecule has 29 N–H and O–H groups in total. The van der Waals surface area contributed by atoms with Crippen LogP contribution in [-0.4, -0.2) is 465 Å². The first-order chi connectivity index (χ1) is 66.9. The van der Waals surface area contributed by atoms with E-state index in [-0.39, 0.29) is 6.42 Å². The average Bonchev–Trinajstić information content (AvgIpc) is 0.745. The summed E-state index contributed by atoms with van der Waals surface area (Å²) in [5.74, 6) is -24.3. The van der Waals surface area contributed by atoms with Gasteiger partial charge in [0.15, 0.2) is 25.2 Å². The van der Waals surface area contributed by atoms with E-state index in [0.717, 1.165) is 124 Å². The number of ether oxygens (including phenoxy) is 14. The van der Waals surface area contributed by atoms with Crippen LogP contribution in [0.1, 0.15) is 208 Å². The van der Waals surface area contributed by atoms with Crippen LogP contribution in [0.4, 0.5) is 0 Å². The second-order valence-corrected chi connectivity index (χ2v) is 37.4. The van der Waals surface area contributed by atoms with Gasteiger partial charge >= 0.3 is 17.9 Å². The molecule has 0 aromatic carbocycles. The number of hydrogen-bond acceptors (Lipinski definition) is 44. The van der Waals surface area contributed by atoms with Crippen LogP contribution >= 0.6 is 0 Å². The van der Waals surface area contributed by atoms with Gasteiger partial charge in [0, 0.05) is 58.8 Å². The second kappa shape index (κ2) is 58.9. The number of Topliss-reactive ketones (excluding diaryl/α,β-unsaturated/α-hetero) is 1. The van der Waals surface area contributed by atoms with Crippen molar-refractivity contribution in [3.05, 3.63) is 12.2 Å². The van der Waals surface area contributed by atoms with E-state index >= 15 is 0 Å². The smallest absolute Gasteiger partial charge is 0.364 e. The highest BCUT2D eigenvalue weighted by Gasteiger charge is 2.66. The fourth-order valence-electron chi connectivity index (χ4n) is 18.7. The van der Waals surface area contributed by atoms with Gasteiger partial charge in [0.1, 0.15) is 146 Å². The third-order valence-electron chi connectivity index (χ3n) is 26.4. The molecule has 0 aromatic heterocycles. The highest BCUT2D eigenvalue weighted by Crippen LogP contribution is 2.46. The minimum atomic E-state index is -3.81. The fourth-order valence-corrected chi connectivity index (χ4v) is 18.7. The maximum Gasteiger partial charge on any atom is 0.364 e. The van der Waals surface area contributed by atoms with Crippen molar-refractivity contribution in [3.63, 3.8) is 0 Å². The third kappa shape index (κ3) is 33.1. The van der Waals surface area contributed by atoms with E-state index in [1.54, 1.807) is 6.08 Å². The van der Waals surface area contributed by atoms with Crippen LogP contribution < -0.4 is 21.3 Å². The molecule has 0 bridgehead atoms. The zero-order chi connectivity index (χ0) is 105. The first-order valence-corrected chi connectivity index (χ1v) is 48.6. The average molecular weight is 2040 g/mol. The van der Waals surface area contributed by atoms with E-state index in [0.29, 0.717) is 12.8 Å². The van der Waals surface area contributed by atoms with Gasteiger partial charge in [0.2, 0.25) is 23.6 Å². The van der Waals surface area contributed by atoms with E-state index in [2.05, 4.69) is 35.1 Å². The second-order valence-electron chi connectivity index (χ2n) is 37.4. The number of carboxylic acids is 3. The lowest BCUT2D eigenvalue weighted by atomic mass is 9.86. The summed E-state index contributed by atoms with van der Waals surface area (Å²) in [6.07, 6.45) is -54.9. The maximum atomic E-state index is 14.6. The van der Waals surface area contributed by atoms with Gasteiger partial charge in [-0.15, -0.1) is 0 Å². The number of nitrogens with one attached hydrogen (secondary N) is 4. The van der Waals surface area contributed by atoms with E-state index in [1.165, 1.54) is 31.8 Å². The Labute approximate surface area is 814 Å². The van der Waals surface area contributed by atoms with E-state index in [9.17, 15) is 166 Å². The predicted molar refractivity (Wildman–Crippen MR) is 475 cm³/mol. The van der Waals surface area contributed by atoms with Gasteiger partial charge in [-0.2, -0.15) is 0 Å². The van der Waals surface area contributed by atoms with Crippen LogP contribution in [-0.2, 0) is 105 Å². The number of ketones is 1. The van der Waals surface area contributed by atoms with Crippen LogP contribution in [0, 0.1) is 5.92 Å². The maximum absolute atomic E-state index is 14.6. The topological polar surface area (TPSA) is 820 Å². The Balaban J connectivity index is 1.26. The quantitative estimate of drug-likeness (QED) is 0.0199. The molecule has 40 atom stereocenters. The molecule has 7 aliphatic rings. The minimum absolute atomic E-state index is 0.0535. The molecule has 7 aliphatic heterocycles. The summed E-state index contributed by atoms with van der Waals surface area (Å²) in [4.78, 5) is 108. The highest BCUT2D eigenvalue weighted by molar-refractivity contribution is 5.79. The number of unbranched alkanes of at least 4 members (excludes halogenated alkanes) is 19. The Kier molecular flexibility index (Phi) is 51.0. The number of allylic oxidation sites excluding steroid dienone is 1. The van der Waals surface area contributed by atoms with Crippen molar-refractivity contribution in [2.75, 3.05) is 52.9 Å². The van der Waals surface area contributed by atoms with Crippen molar-refractivity contribution >= 4 is 47.3 Å². The number of amides is 4. The molecular weight excluding hydrogens is 1890 g/mol. The van der Waals surface area contributed by atoms with Crippen LogP contribution in [0.2, 0.25) is 0 Å². The number of hydrogen-bond donors (Lipinski definition) is 29. The molecule has 0 radical (unpaired) electrons. The first kappa shape index (κ1) is 122. The Morgan fingerprint density at radius 3 is 1.23 bits per heavy atom. The minimum Gasteiger partial charge on any atom is -0.477 e. The van der Waals surface area contributed by atoms with Crippen LogP contribution in [0.5, 0.6) is 0 Å². The Bertz CT molecular complexity index is 3800. The number of carbonyl (C=O) groups excluding carboxylic acids is 5. The lowest BCUT2D eigenvalue weighted by molar-refractivity contribution is -0.407. The molecule has 7 heterocycles. The zero-order valence-electron chi connectivity index (χ0n) is 80.2. The zero-order valence-corrected chi connectivity index (χ0v) is 80.2.